The smallest absolute Gasteiger partial charge is 0.123 e. The molecule has 0 fully saturated rings. The van der Waals surface area contributed by atoms with E-state index >= 15 is 0 Å². The summed E-state index contributed by atoms with van der Waals surface area (Å²) in [6.45, 7) is 10.8. The van der Waals surface area contributed by atoms with E-state index in [-0.39, 0.29) is 15.2 Å². The first-order valence-corrected chi connectivity index (χ1v) is 6.94. The first-order chi connectivity index (χ1) is 8.76. The molecule has 0 saturated carbocycles. The average molecular weight is 296 g/mol. The van der Waals surface area contributed by atoms with E-state index in [1.807, 2.05) is 33.8 Å². The molecular weight excluding hydrogens is 256 g/mol. The molecule has 0 aliphatic carbocycles. The third kappa shape index (κ3) is 13.1. The summed E-state index contributed by atoms with van der Waals surface area (Å²) in [7, 11) is 0. The van der Waals surface area contributed by atoms with E-state index < -0.39 is 0 Å². The molecule has 20 heavy (non-hydrogen) atoms. The number of hydrogen-bond donors (Lipinski definition) is 3. The van der Waals surface area contributed by atoms with Crippen LogP contribution in [0.4, 0.5) is 11.5 Å². The minimum atomic E-state index is 0. The molecule has 1 atom stereocenters. The molecule has 6 nitrogen and oxygen atoms in total. The van der Waals surface area contributed by atoms with Crippen LogP contribution in [0.5, 0.6) is 0 Å². The van der Waals surface area contributed by atoms with Gasteiger partial charge in [-0.1, -0.05) is 34.6 Å². The van der Waals surface area contributed by atoms with Crippen molar-refractivity contribution < 1.29 is 15.2 Å². The molecule has 1 unspecified atom stereocenters. The van der Waals surface area contributed by atoms with Crippen molar-refractivity contribution in [2.75, 3.05) is 17.6 Å². The zero-order chi connectivity index (χ0) is 14.4. The van der Waals surface area contributed by atoms with Gasteiger partial charge in [-0.25, -0.2) is 4.98 Å². The van der Waals surface area contributed by atoms with Crippen molar-refractivity contribution in [1.82, 2.24) is 4.98 Å². The number of nitrogens with two attached hydrogens (primary N) is 2. The Balaban J connectivity index is -0.0000000528. The van der Waals surface area contributed by atoms with Crippen LogP contribution >= 0.6 is 0 Å². The lowest BCUT2D eigenvalue weighted by atomic mass is 10.1. The van der Waals surface area contributed by atoms with Gasteiger partial charge in [0.05, 0.1) is 11.9 Å². The quantitative estimate of drug-likeness (QED) is 0.766. The summed E-state index contributed by atoms with van der Waals surface area (Å²) in [5.74, 6) is 0.544. The molecule has 0 spiro atoms. The monoisotopic (exact) mass is 296 g/mol. The van der Waals surface area contributed by atoms with Crippen molar-refractivity contribution in [3.8, 4) is 0 Å². The van der Waals surface area contributed by atoms with Gasteiger partial charge >= 0.3 is 0 Å². The van der Waals surface area contributed by atoms with E-state index in [1.54, 1.807) is 12.3 Å². The molecule has 9 N–H and O–H groups in total. The number of nitrogens with zero attached hydrogens (tertiary/aromatic N) is 1. The predicted molar refractivity (Wildman–Crippen MR) is 96.3 cm³/mol. The Morgan fingerprint density at radius 2 is 1.75 bits per heavy atom. The fraction of sp³-hybridized carbons (Fsp3) is 0.643. The molecule has 6 heteroatoms. The summed E-state index contributed by atoms with van der Waals surface area (Å²) >= 11 is 0. The Labute approximate surface area is 128 Å². The summed E-state index contributed by atoms with van der Waals surface area (Å²) in [5, 5.41) is 3.36. The predicted octanol–water partition coefficient (Wildman–Crippen LogP) is 2.34. The highest BCUT2D eigenvalue weighted by atomic mass is 16.0. The van der Waals surface area contributed by atoms with E-state index in [2.05, 4.69) is 17.2 Å². The van der Waals surface area contributed by atoms with E-state index in [0.717, 1.165) is 18.5 Å². The van der Waals surface area contributed by atoms with Gasteiger partial charge in [0.1, 0.15) is 5.82 Å². The third-order valence-corrected chi connectivity index (χ3v) is 2.17. The number of nitrogens with one attached hydrogen (secondary N) is 1. The zero-order valence-electron chi connectivity index (χ0n) is 13.5. The second kappa shape index (κ2) is 20.0. The van der Waals surface area contributed by atoms with Crippen molar-refractivity contribution in [3.05, 3.63) is 18.3 Å². The minimum Gasteiger partial charge on any atom is -0.412 e. The van der Waals surface area contributed by atoms with Gasteiger partial charge in [0.2, 0.25) is 0 Å². The van der Waals surface area contributed by atoms with Crippen LogP contribution in [0.3, 0.4) is 0 Å². The first-order valence-electron chi connectivity index (χ1n) is 6.94. The van der Waals surface area contributed by atoms with Gasteiger partial charge in [0.25, 0.3) is 0 Å². The van der Waals surface area contributed by atoms with Gasteiger partial charge in [0, 0.05) is 10.3 Å². The van der Waals surface area contributed by atoms with Gasteiger partial charge < -0.3 is 27.7 Å². The van der Waals surface area contributed by atoms with Crippen LogP contribution < -0.4 is 16.8 Å². The van der Waals surface area contributed by atoms with Crippen molar-refractivity contribution in [3.63, 3.8) is 0 Å². The second-order valence-corrected chi connectivity index (χ2v) is 3.30. The van der Waals surface area contributed by atoms with Crippen LogP contribution in [0.25, 0.3) is 0 Å². The minimum absolute atomic E-state index is 0. The molecule has 0 bridgehead atoms. The molecule has 1 heterocycles. The van der Waals surface area contributed by atoms with Crippen molar-refractivity contribution >= 4 is 11.5 Å². The van der Waals surface area contributed by atoms with Gasteiger partial charge in [-0.2, -0.15) is 0 Å². The number of anilines is 2. The lowest BCUT2D eigenvalue weighted by Gasteiger charge is -2.16. The summed E-state index contributed by atoms with van der Waals surface area (Å²) in [6.07, 6.45) is 3.77. The molecular formula is C14H40N4O2. The van der Waals surface area contributed by atoms with Crippen LogP contribution in [-0.2, 0) is 0 Å². The normalized spacial score (nSPS) is 9.30. The maximum atomic E-state index is 5.51. The summed E-state index contributed by atoms with van der Waals surface area (Å²) < 4.78 is 0. The first kappa shape index (κ1) is 27.1. The van der Waals surface area contributed by atoms with Crippen molar-refractivity contribution in [2.45, 2.75) is 53.5 Å². The van der Waals surface area contributed by atoms with Crippen LogP contribution in [0.2, 0.25) is 0 Å². The average Bonchev–Trinajstić information content (AvgIpc) is 2.45. The fourth-order valence-electron chi connectivity index (χ4n) is 1.31. The Kier molecular flexibility index (Phi) is 27.0. The van der Waals surface area contributed by atoms with Crippen LogP contribution in [0.1, 0.15) is 51.7 Å². The molecule has 1 aromatic rings. The van der Waals surface area contributed by atoms with E-state index in [1.165, 1.54) is 0 Å². The third-order valence-electron chi connectivity index (χ3n) is 2.17. The standard InChI is InChI=1S/C10H18N4.2C2H6.2H2O.3H2/c1-2-8(5-6-11)14-9-3-4-10(12)13-7-9;2*1-2;;;;;/h3-4,7-8,14H,2,5-6,11H2,1H3,(H2,12,13);2*1-2H3;2*1H2;3*1H. The van der Waals surface area contributed by atoms with E-state index in [9.17, 15) is 0 Å². The highest BCUT2D eigenvalue weighted by Crippen LogP contribution is 2.11. The lowest BCUT2D eigenvalue weighted by molar-refractivity contribution is 0.642. The second-order valence-electron chi connectivity index (χ2n) is 3.30. The number of nitrogen functional groups attached to an aromatic ring is 1. The van der Waals surface area contributed by atoms with Gasteiger partial charge in [-0.05, 0) is 31.5 Å². The molecule has 0 aliphatic heterocycles. The van der Waals surface area contributed by atoms with Crippen molar-refractivity contribution in [2.24, 2.45) is 5.73 Å². The fourth-order valence-corrected chi connectivity index (χ4v) is 1.31. The van der Waals surface area contributed by atoms with Gasteiger partial charge in [-0.15, -0.1) is 0 Å². The van der Waals surface area contributed by atoms with E-state index in [4.69, 9.17) is 11.5 Å². The molecule has 1 aromatic heterocycles. The highest BCUT2D eigenvalue weighted by molar-refractivity contribution is 5.45. The number of rotatable bonds is 5. The number of hydrogen-bond acceptors (Lipinski definition) is 4. The molecule has 0 saturated heterocycles. The van der Waals surface area contributed by atoms with E-state index in [0.29, 0.717) is 18.4 Å². The largest absolute Gasteiger partial charge is 0.412 e. The molecule has 128 valence electrons. The van der Waals surface area contributed by atoms with Gasteiger partial charge in [-0.3, -0.25) is 0 Å². The van der Waals surface area contributed by atoms with Crippen LogP contribution in [-0.4, -0.2) is 28.5 Å². The summed E-state index contributed by atoms with van der Waals surface area (Å²) in [6, 6.07) is 4.14. The molecule has 0 amide bonds. The maximum Gasteiger partial charge on any atom is 0.123 e. The highest BCUT2D eigenvalue weighted by Gasteiger charge is 2.04. The maximum absolute atomic E-state index is 5.51. The number of pyridine rings is 1. The van der Waals surface area contributed by atoms with Gasteiger partial charge in [0.15, 0.2) is 0 Å². The molecule has 1 rings (SSSR count). The Hall–Kier alpha value is -1.37. The van der Waals surface area contributed by atoms with Crippen LogP contribution in [0, 0.1) is 0 Å². The topological polar surface area (TPSA) is 140 Å². The lowest BCUT2D eigenvalue weighted by Crippen LogP contribution is -2.22. The summed E-state index contributed by atoms with van der Waals surface area (Å²) in [5.41, 5.74) is 12.0. The van der Waals surface area contributed by atoms with Crippen LogP contribution in [0.15, 0.2) is 18.3 Å². The number of aromatic nitrogens is 1. The molecule has 0 aromatic carbocycles. The molecule has 0 aliphatic rings. The Morgan fingerprint density at radius 3 is 2.10 bits per heavy atom. The van der Waals surface area contributed by atoms with Crippen molar-refractivity contribution in [1.29, 1.82) is 0 Å². The zero-order valence-corrected chi connectivity index (χ0v) is 13.5. The summed E-state index contributed by atoms with van der Waals surface area (Å²) in [4.78, 5) is 4.01. The Morgan fingerprint density at radius 1 is 1.20 bits per heavy atom. The Bertz CT molecular complexity index is 281. The molecule has 0 radical (unpaired) electrons. The SMILES string of the molecule is CC.CC.CCC(CCN)Nc1ccc(N)nc1.O.O.[HH].[HH].[HH].